The molecule has 4 nitrogen and oxygen atoms in total. The lowest BCUT2D eigenvalue weighted by Crippen LogP contribution is -2.37. The van der Waals surface area contributed by atoms with Crippen LogP contribution in [0.1, 0.15) is 26.3 Å². The van der Waals surface area contributed by atoms with Crippen molar-refractivity contribution in [3.63, 3.8) is 0 Å². The highest BCUT2D eigenvalue weighted by atomic mass is 32.2. The Hall–Kier alpha value is -1.85. The molecular formula is C19H25NO3S. The maximum absolute atomic E-state index is 13.1. The normalized spacial score (nSPS) is 12.4. The molecule has 0 radical (unpaired) electrons. The molecule has 0 amide bonds. The molecule has 0 N–H and O–H groups in total. The summed E-state index contributed by atoms with van der Waals surface area (Å²) < 4.78 is 32.9. The van der Waals surface area contributed by atoms with Gasteiger partial charge in [-0.25, -0.2) is 8.42 Å². The third-order valence-corrected chi connectivity index (χ3v) is 5.36. The molecule has 2 aromatic carbocycles. The summed E-state index contributed by atoms with van der Waals surface area (Å²) in [6, 6.07) is 16.2. The van der Waals surface area contributed by atoms with Gasteiger partial charge in [-0.2, -0.15) is 4.31 Å². The van der Waals surface area contributed by atoms with Gasteiger partial charge in [-0.15, -0.1) is 0 Å². The molecule has 0 saturated carbocycles. The van der Waals surface area contributed by atoms with Crippen molar-refractivity contribution in [2.75, 3.05) is 13.7 Å². The Bertz CT molecular complexity index is 747. The minimum Gasteiger partial charge on any atom is -0.497 e. The SMILES string of the molecule is COc1ccc(S(=O)(=O)N(Cc2ccccc2)CC(C)(C)C)cc1. The maximum atomic E-state index is 13.1. The lowest BCUT2D eigenvalue weighted by Gasteiger charge is -2.29. The minimum atomic E-state index is -3.58. The minimum absolute atomic E-state index is 0.145. The zero-order chi connectivity index (χ0) is 17.8. The third kappa shape index (κ3) is 4.82. The lowest BCUT2D eigenvalue weighted by molar-refractivity contribution is 0.277. The van der Waals surface area contributed by atoms with Crippen LogP contribution in [0.15, 0.2) is 59.5 Å². The van der Waals surface area contributed by atoms with Crippen LogP contribution in [0.25, 0.3) is 0 Å². The largest absolute Gasteiger partial charge is 0.497 e. The zero-order valence-electron chi connectivity index (χ0n) is 14.7. The second kappa shape index (κ2) is 7.36. The Morgan fingerprint density at radius 2 is 1.54 bits per heavy atom. The van der Waals surface area contributed by atoms with Crippen molar-refractivity contribution in [3.05, 3.63) is 60.2 Å². The number of sulfonamides is 1. The first-order valence-corrected chi connectivity index (χ1v) is 9.34. The van der Waals surface area contributed by atoms with E-state index in [9.17, 15) is 8.42 Å². The van der Waals surface area contributed by atoms with E-state index in [4.69, 9.17) is 4.74 Å². The van der Waals surface area contributed by atoms with Crippen molar-refractivity contribution in [2.45, 2.75) is 32.2 Å². The molecule has 0 atom stereocenters. The fourth-order valence-corrected chi connectivity index (χ4v) is 4.09. The quantitative estimate of drug-likeness (QED) is 0.795. The van der Waals surface area contributed by atoms with Gasteiger partial charge in [0, 0.05) is 13.1 Å². The van der Waals surface area contributed by atoms with Gasteiger partial charge in [-0.3, -0.25) is 0 Å². The van der Waals surface area contributed by atoms with Gasteiger partial charge in [0.2, 0.25) is 10.0 Å². The van der Waals surface area contributed by atoms with Crippen LogP contribution in [0.4, 0.5) is 0 Å². The van der Waals surface area contributed by atoms with E-state index >= 15 is 0 Å². The molecule has 0 bridgehead atoms. The van der Waals surface area contributed by atoms with E-state index in [1.165, 1.54) is 0 Å². The van der Waals surface area contributed by atoms with Crippen LogP contribution < -0.4 is 4.74 Å². The summed E-state index contributed by atoms with van der Waals surface area (Å²) in [6.07, 6.45) is 0. The third-order valence-electron chi connectivity index (χ3n) is 3.55. The van der Waals surface area contributed by atoms with Gasteiger partial charge >= 0.3 is 0 Å². The van der Waals surface area contributed by atoms with Crippen LogP contribution in [0, 0.1) is 5.41 Å². The van der Waals surface area contributed by atoms with Crippen molar-refractivity contribution >= 4 is 10.0 Å². The predicted octanol–water partition coefficient (Wildman–Crippen LogP) is 3.93. The van der Waals surface area contributed by atoms with Crippen molar-refractivity contribution < 1.29 is 13.2 Å². The average Bonchev–Trinajstić information content (AvgIpc) is 2.54. The van der Waals surface area contributed by atoms with Gasteiger partial charge in [-0.05, 0) is 35.2 Å². The second-order valence-electron chi connectivity index (χ2n) is 6.99. The Morgan fingerprint density at radius 1 is 0.958 bits per heavy atom. The lowest BCUT2D eigenvalue weighted by atomic mass is 9.97. The fourth-order valence-electron chi connectivity index (χ4n) is 2.44. The number of nitrogens with zero attached hydrogens (tertiary/aromatic N) is 1. The van der Waals surface area contributed by atoms with E-state index in [1.54, 1.807) is 35.7 Å². The van der Waals surface area contributed by atoms with E-state index in [2.05, 4.69) is 0 Å². The number of benzene rings is 2. The number of methoxy groups -OCH3 is 1. The molecule has 2 rings (SSSR count). The molecule has 0 heterocycles. The Kier molecular flexibility index (Phi) is 5.67. The van der Waals surface area contributed by atoms with Gasteiger partial charge in [-0.1, -0.05) is 51.1 Å². The highest BCUT2D eigenvalue weighted by Crippen LogP contribution is 2.25. The van der Waals surface area contributed by atoms with Gasteiger partial charge in [0.25, 0.3) is 0 Å². The highest BCUT2D eigenvalue weighted by Gasteiger charge is 2.28. The summed E-state index contributed by atoms with van der Waals surface area (Å²) in [5.74, 6) is 0.638. The van der Waals surface area contributed by atoms with Crippen LogP contribution in [0.2, 0.25) is 0 Å². The monoisotopic (exact) mass is 347 g/mol. The Morgan fingerprint density at radius 3 is 2.04 bits per heavy atom. The molecule has 0 aromatic heterocycles. The molecule has 0 aliphatic heterocycles. The number of hydrogen-bond acceptors (Lipinski definition) is 3. The fraction of sp³-hybridized carbons (Fsp3) is 0.368. The van der Waals surface area contributed by atoms with Crippen molar-refractivity contribution in [1.82, 2.24) is 4.31 Å². The van der Waals surface area contributed by atoms with E-state index in [-0.39, 0.29) is 10.3 Å². The van der Waals surface area contributed by atoms with Gasteiger partial charge < -0.3 is 4.74 Å². The molecule has 5 heteroatoms. The highest BCUT2D eigenvalue weighted by molar-refractivity contribution is 7.89. The van der Waals surface area contributed by atoms with E-state index in [0.29, 0.717) is 18.8 Å². The van der Waals surface area contributed by atoms with Crippen LogP contribution in [-0.2, 0) is 16.6 Å². The van der Waals surface area contributed by atoms with Crippen LogP contribution in [0.3, 0.4) is 0 Å². The zero-order valence-corrected chi connectivity index (χ0v) is 15.5. The summed E-state index contributed by atoms with van der Waals surface area (Å²) in [4.78, 5) is 0.281. The van der Waals surface area contributed by atoms with Crippen molar-refractivity contribution in [3.8, 4) is 5.75 Å². The number of hydrogen-bond donors (Lipinski definition) is 0. The van der Waals surface area contributed by atoms with E-state index in [0.717, 1.165) is 5.56 Å². The Balaban J connectivity index is 2.36. The van der Waals surface area contributed by atoms with E-state index < -0.39 is 10.0 Å². The average molecular weight is 347 g/mol. The standard InChI is InChI=1S/C19H25NO3S/c1-19(2,3)15-20(14-16-8-6-5-7-9-16)24(21,22)18-12-10-17(23-4)11-13-18/h5-13H,14-15H2,1-4H3. The number of rotatable bonds is 6. The first kappa shape index (κ1) is 18.5. The first-order chi connectivity index (χ1) is 11.2. The van der Waals surface area contributed by atoms with Crippen LogP contribution in [0.5, 0.6) is 5.75 Å². The summed E-state index contributed by atoms with van der Waals surface area (Å²) in [5.41, 5.74) is 0.827. The van der Waals surface area contributed by atoms with Gasteiger partial charge in [0.1, 0.15) is 5.75 Å². The smallest absolute Gasteiger partial charge is 0.243 e. The van der Waals surface area contributed by atoms with Crippen molar-refractivity contribution in [2.24, 2.45) is 5.41 Å². The molecule has 0 saturated heterocycles. The predicted molar refractivity (Wildman–Crippen MR) is 96.5 cm³/mol. The van der Waals surface area contributed by atoms with E-state index in [1.807, 2.05) is 51.1 Å². The summed E-state index contributed by atoms with van der Waals surface area (Å²) >= 11 is 0. The van der Waals surface area contributed by atoms with Crippen LogP contribution in [-0.4, -0.2) is 26.4 Å². The molecule has 0 fully saturated rings. The summed E-state index contributed by atoms with van der Waals surface area (Å²) in [7, 11) is -2.02. The molecule has 0 aliphatic carbocycles. The second-order valence-corrected chi connectivity index (χ2v) is 8.93. The molecule has 130 valence electrons. The maximum Gasteiger partial charge on any atom is 0.243 e. The van der Waals surface area contributed by atoms with Gasteiger partial charge in [0.15, 0.2) is 0 Å². The first-order valence-electron chi connectivity index (χ1n) is 7.90. The molecule has 2 aromatic rings. The molecule has 0 spiro atoms. The topological polar surface area (TPSA) is 46.6 Å². The van der Waals surface area contributed by atoms with Gasteiger partial charge in [0.05, 0.1) is 12.0 Å². The molecule has 0 aliphatic rings. The number of ether oxygens (including phenoxy) is 1. The summed E-state index contributed by atoms with van der Waals surface area (Å²) in [6.45, 7) is 6.90. The molecule has 24 heavy (non-hydrogen) atoms. The van der Waals surface area contributed by atoms with Crippen LogP contribution >= 0.6 is 0 Å². The van der Waals surface area contributed by atoms with Crippen molar-refractivity contribution in [1.29, 1.82) is 0 Å². The molecular weight excluding hydrogens is 322 g/mol. The Labute approximate surface area is 145 Å². The molecule has 0 unspecified atom stereocenters. The summed E-state index contributed by atoms with van der Waals surface area (Å²) in [5, 5.41) is 0.